The first-order valence-electron chi connectivity index (χ1n) is 10.7. The molecule has 0 N–H and O–H groups in total. The van der Waals surface area contributed by atoms with Crippen molar-refractivity contribution in [1.29, 1.82) is 0 Å². The van der Waals surface area contributed by atoms with Crippen molar-refractivity contribution in [3.8, 4) is 17.1 Å². The van der Waals surface area contributed by atoms with Gasteiger partial charge in [0, 0.05) is 28.9 Å². The molecule has 0 aliphatic rings. The molecule has 0 unspecified atom stereocenters. The number of hydrogen-bond acceptors (Lipinski definition) is 4. The zero-order valence-corrected chi connectivity index (χ0v) is 18.5. The van der Waals surface area contributed by atoms with Crippen LogP contribution in [0, 0.1) is 27.7 Å². The van der Waals surface area contributed by atoms with E-state index in [1.54, 1.807) is 0 Å². The standard InChI is InChI=1S/C27H22N4O/c1-15-11-16(2)24(17(3)12-15)31-23-8-6-5-7-22(23)30-26(31)21-14-28-13-20-19-10-9-18(4)29-27(19)32-25(20)21/h5-14H,1-4H3. The fourth-order valence-electron chi connectivity index (χ4n) is 4.78. The molecule has 4 aromatic heterocycles. The van der Waals surface area contributed by atoms with Gasteiger partial charge in [-0.2, -0.15) is 0 Å². The Balaban J connectivity index is 1.75. The summed E-state index contributed by atoms with van der Waals surface area (Å²) in [5, 5.41) is 1.91. The minimum Gasteiger partial charge on any atom is -0.437 e. The Morgan fingerprint density at radius 3 is 2.41 bits per heavy atom. The first-order valence-corrected chi connectivity index (χ1v) is 10.7. The maximum atomic E-state index is 6.28. The number of pyridine rings is 2. The Bertz CT molecular complexity index is 1650. The van der Waals surface area contributed by atoms with E-state index in [0.29, 0.717) is 5.71 Å². The molecule has 0 spiro atoms. The summed E-state index contributed by atoms with van der Waals surface area (Å²) in [5.74, 6) is 0.815. The molecule has 5 heteroatoms. The first kappa shape index (κ1) is 18.8. The molecule has 2 aromatic carbocycles. The van der Waals surface area contributed by atoms with Crippen LogP contribution in [0.2, 0.25) is 0 Å². The van der Waals surface area contributed by atoms with Crippen molar-refractivity contribution in [3.63, 3.8) is 0 Å². The predicted octanol–water partition coefficient (Wildman–Crippen LogP) is 6.62. The second-order valence-corrected chi connectivity index (χ2v) is 8.48. The number of imidazole rings is 1. The Labute approximate surface area is 185 Å². The molecule has 0 saturated heterocycles. The number of rotatable bonds is 2. The van der Waals surface area contributed by atoms with E-state index in [2.05, 4.69) is 59.6 Å². The summed E-state index contributed by atoms with van der Waals surface area (Å²) in [6.07, 6.45) is 3.69. The summed E-state index contributed by atoms with van der Waals surface area (Å²) in [6.45, 7) is 8.40. The van der Waals surface area contributed by atoms with Crippen LogP contribution < -0.4 is 0 Å². The lowest BCUT2D eigenvalue weighted by Gasteiger charge is -2.16. The van der Waals surface area contributed by atoms with E-state index in [-0.39, 0.29) is 0 Å². The summed E-state index contributed by atoms with van der Waals surface area (Å²) >= 11 is 0. The zero-order chi connectivity index (χ0) is 22.0. The third-order valence-corrected chi connectivity index (χ3v) is 6.05. The van der Waals surface area contributed by atoms with Gasteiger partial charge in [-0.25, -0.2) is 9.97 Å². The van der Waals surface area contributed by atoms with E-state index >= 15 is 0 Å². The predicted molar refractivity (Wildman–Crippen MR) is 128 cm³/mol. The second kappa shape index (κ2) is 6.76. The molecule has 0 amide bonds. The van der Waals surface area contributed by atoms with Crippen molar-refractivity contribution in [2.75, 3.05) is 0 Å². The van der Waals surface area contributed by atoms with Crippen molar-refractivity contribution >= 4 is 33.1 Å². The Kier molecular flexibility index (Phi) is 3.96. The van der Waals surface area contributed by atoms with Crippen molar-refractivity contribution in [2.45, 2.75) is 27.7 Å². The molecular formula is C27H22N4O. The molecule has 0 fully saturated rings. The average Bonchev–Trinajstić information content (AvgIpc) is 3.31. The van der Waals surface area contributed by atoms with Crippen LogP contribution >= 0.6 is 0 Å². The van der Waals surface area contributed by atoms with E-state index in [0.717, 1.165) is 50.2 Å². The number of aromatic nitrogens is 4. The molecule has 32 heavy (non-hydrogen) atoms. The highest BCUT2D eigenvalue weighted by Crippen LogP contribution is 2.37. The van der Waals surface area contributed by atoms with E-state index in [1.807, 2.05) is 43.6 Å². The molecule has 0 atom stereocenters. The smallest absolute Gasteiger partial charge is 0.227 e. The molecule has 5 nitrogen and oxygen atoms in total. The Morgan fingerprint density at radius 2 is 1.59 bits per heavy atom. The van der Waals surface area contributed by atoms with Gasteiger partial charge in [-0.1, -0.05) is 29.8 Å². The summed E-state index contributed by atoms with van der Waals surface area (Å²) in [7, 11) is 0. The summed E-state index contributed by atoms with van der Waals surface area (Å²) in [4.78, 5) is 14.2. The van der Waals surface area contributed by atoms with Crippen LogP contribution in [0.5, 0.6) is 0 Å². The van der Waals surface area contributed by atoms with Gasteiger partial charge in [0.05, 0.1) is 22.3 Å². The van der Waals surface area contributed by atoms with E-state index in [9.17, 15) is 0 Å². The fraction of sp³-hybridized carbons (Fsp3) is 0.148. The quantitative estimate of drug-likeness (QED) is 0.317. The number of furan rings is 1. The molecule has 4 heterocycles. The van der Waals surface area contributed by atoms with Gasteiger partial charge < -0.3 is 4.42 Å². The van der Waals surface area contributed by atoms with Crippen LogP contribution in [0.4, 0.5) is 0 Å². The largest absolute Gasteiger partial charge is 0.437 e. The van der Waals surface area contributed by atoms with Crippen molar-refractivity contribution in [3.05, 3.63) is 83.3 Å². The van der Waals surface area contributed by atoms with Crippen LogP contribution in [0.1, 0.15) is 22.4 Å². The number of hydrogen-bond donors (Lipinski definition) is 0. The Morgan fingerprint density at radius 1 is 0.812 bits per heavy atom. The van der Waals surface area contributed by atoms with Crippen molar-refractivity contribution < 1.29 is 4.42 Å². The molecule has 0 saturated carbocycles. The van der Waals surface area contributed by atoms with Gasteiger partial charge >= 0.3 is 0 Å². The maximum absolute atomic E-state index is 6.28. The Hall–Kier alpha value is -3.99. The van der Waals surface area contributed by atoms with Gasteiger partial charge in [0.2, 0.25) is 5.71 Å². The second-order valence-electron chi connectivity index (χ2n) is 8.48. The van der Waals surface area contributed by atoms with Crippen LogP contribution in [0.15, 0.2) is 65.3 Å². The number of fused-ring (bicyclic) bond motifs is 4. The highest BCUT2D eigenvalue weighted by atomic mass is 16.3. The van der Waals surface area contributed by atoms with Gasteiger partial charge in [0.15, 0.2) is 11.4 Å². The SMILES string of the molecule is Cc1cc(C)c(-n2c(-c3cncc4c3oc3nc(C)ccc34)nc3ccccc32)c(C)c1. The summed E-state index contributed by atoms with van der Waals surface area (Å²) in [5.41, 5.74) is 9.94. The van der Waals surface area contributed by atoms with Gasteiger partial charge in [0.25, 0.3) is 0 Å². The lowest BCUT2D eigenvalue weighted by molar-refractivity contribution is 0.652. The molecule has 0 aliphatic heterocycles. The molecule has 6 rings (SSSR count). The average molecular weight is 419 g/mol. The van der Waals surface area contributed by atoms with Crippen molar-refractivity contribution in [1.82, 2.24) is 19.5 Å². The zero-order valence-electron chi connectivity index (χ0n) is 18.5. The number of benzene rings is 2. The third-order valence-electron chi connectivity index (χ3n) is 6.05. The fourth-order valence-corrected chi connectivity index (χ4v) is 4.78. The highest BCUT2D eigenvalue weighted by Gasteiger charge is 2.22. The minimum absolute atomic E-state index is 0.625. The highest BCUT2D eigenvalue weighted by molar-refractivity contribution is 6.08. The molecule has 6 aromatic rings. The number of aryl methyl sites for hydroxylation is 4. The lowest BCUT2D eigenvalue weighted by Crippen LogP contribution is -2.03. The van der Waals surface area contributed by atoms with Crippen LogP contribution in [0.25, 0.3) is 50.2 Å². The molecule has 0 radical (unpaired) electrons. The van der Waals surface area contributed by atoms with Gasteiger partial charge in [-0.3, -0.25) is 9.55 Å². The van der Waals surface area contributed by atoms with Crippen LogP contribution in [0.3, 0.4) is 0 Å². The van der Waals surface area contributed by atoms with Crippen molar-refractivity contribution in [2.24, 2.45) is 0 Å². The molecule has 156 valence electrons. The third kappa shape index (κ3) is 2.67. The van der Waals surface area contributed by atoms with Crippen LogP contribution in [-0.2, 0) is 0 Å². The first-order chi connectivity index (χ1) is 15.5. The molecular weight excluding hydrogens is 396 g/mol. The number of para-hydroxylation sites is 2. The van der Waals surface area contributed by atoms with E-state index in [4.69, 9.17) is 9.40 Å². The monoisotopic (exact) mass is 418 g/mol. The van der Waals surface area contributed by atoms with Gasteiger partial charge in [-0.15, -0.1) is 0 Å². The molecule has 0 aliphatic carbocycles. The van der Waals surface area contributed by atoms with Gasteiger partial charge in [0.1, 0.15) is 0 Å². The van der Waals surface area contributed by atoms with E-state index in [1.165, 1.54) is 16.7 Å². The minimum atomic E-state index is 0.625. The van der Waals surface area contributed by atoms with Crippen LogP contribution in [-0.4, -0.2) is 19.5 Å². The summed E-state index contributed by atoms with van der Waals surface area (Å²) < 4.78 is 8.52. The normalized spacial score (nSPS) is 11.8. The van der Waals surface area contributed by atoms with E-state index < -0.39 is 0 Å². The maximum Gasteiger partial charge on any atom is 0.227 e. The van der Waals surface area contributed by atoms with Gasteiger partial charge in [-0.05, 0) is 63.1 Å². The summed E-state index contributed by atoms with van der Waals surface area (Å²) in [6, 6.07) is 16.7. The number of nitrogens with zero attached hydrogens (tertiary/aromatic N) is 4. The molecule has 0 bridgehead atoms. The lowest BCUT2D eigenvalue weighted by atomic mass is 10.0. The topological polar surface area (TPSA) is 56.7 Å².